The Morgan fingerprint density at radius 3 is 2.95 bits per heavy atom. The van der Waals surface area contributed by atoms with E-state index in [1.165, 1.54) is 0 Å². The van der Waals surface area contributed by atoms with Crippen LogP contribution >= 0.6 is 15.9 Å². The van der Waals surface area contributed by atoms with Crippen LogP contribution in [-0.4, -0.2) is 20.9 Å². The third kappa shape index (κ3) is 2.80. The van der Waals surface area contributed by atoms with E-state index in [0.29, 0.717) is 17.4 Å². The number of carbonyl (C=O) groups is 1. The molecule has 0 aromatic carbocycles. The fourth-order valence-corrected chi connectivity index (χ4v) is 2.95. The lowest BCUT2D eigenvalue weighted by molar-refractivity contribution is -0.122. The van der Waals surface area contributed by atoms with Crippen molar-refractivity contribution in [1.82, 2.24) is 15.1 Å². The molecule has 1 aliphatic carbocycles. The van der Waals surface area contributed by atoms with Crippen LogP contribution in [-0.2, 0) is 11.2 Å². The number of Topliss-reactive ketones (excluding diaryl/α,β-unsaturated/α-hetero) is 1. The molecule has 0 amide bonds. The van der Waals surface area contributed by atoms with Gasteiger partial charge in [0, 0.05) is 16.6 Å². The molecule has 5 nitrogen and oxygen atoms in total. The van der Waals surface area contributed by atoms with Gasteiger partial charge >= 0.3 is 0 Å². The number of hydrogen-bond acceptors (Lipinski definition) is 5. The van der Waals surface area contributed by atoms with Crippen molar-refractivity contribution in [2.24, 2.45) is 5.92 Å². The van der Waals surface area contributed by atoms with Crippen molar-refractivity contribution < 1.29 is 9.32 Å². The summed E-state index contributed by atoms with van der Waals surface area (Å²) in [5, 5.41) is 3.90. The molecule has 0 bridgehead atoms. The zero-order valence-electron chi connectivity index (χ0n) is 10.9. The van der Waals surface area contributed by atoms with Crippen LogP contribution in [0.15, 0.2) is 27.3 Å². The van der Waals surface area contributed by atoms with Crippen molar-refractivity contribution in [2.75, 3.05) is 0 Å². The summed E-state index contributed by atoms with van der Waals surface area (Å²) in [6.07, 6.45) is 6.16. The molecule has 20 heavy (non-hydrogen) atoms. The molecular weight excluding hydrogens is 322 g/mol. The summed E-state index contributed by atoms with van der Waals surface area (Å²) in [4.78, 5) is 20.5. The maximum atomic E-state index is 12.1. The highest BCUT2D eigenvalue weighted by molar-refractivity contribution is 9.10. The minimum atomic E-state index is 0.173. The van der Waals surface area contributed by atoms with E-state index in [0.717, 1.165) is 30.2 Å². The monoisotopic (exact) mass is 335 g/mol. The Morgan fingerprint density at radius 1 is 1.40 bits per heavy atom. The molecule has 0 radical (unpaired) electrons. The highest BCUT2D eigenvalue weighted by Crippen LogP contribution is 2.27. The predicted octanol–water partition coefficient (Wildman–Crippen LogP) is 3.20. The van der Waals surface area contributed by atoms with Crippen molar-refractivity contribution in [1.29, 1.82) is 0 Å². The smallest absolute Gasteiger partial charge is 0.234 e. The van der Waals surface area contributed by atoms with Crippen LogP contribution < -0.4 is 0 Å². The average Bonchev–Trinajstić information content (AvgIpc) is 3.10. The molecule has 104 valence electrons. The van der Waals surface area contributed by atoms with Gasteiger partial charge in [0.25, 0.3) is 0 Å². The van der Waals surface area contributed by atoms with Gasteiger partial charge in [0.15, 0.2) is 0 Å². The number of pyridine rings is 1. The van der Waals surface area contributed by atoms with Gasteiger partial charge in [-0.1, -0.05) is 18.0 Å². The minimum absolute atomic E-state index is 0.173. The third-order valence-corrected chi connectivity index (χ3v) is 4.21. The SMILES string of the molecule is O=C(Cc1nc(-c2ncccc2Br)no1)C1CCCC1. The van der Waals surface area contributed by atoms with Crippen molar-refractivity contribution in [3.63, 3.8) is 0 Å². The second-order valence-corrected chi connectivity index (χ2v) is 5.82. The van der Waals surface area contributed by atoms with Gasteiger partial charge in [-0.2, -0.15) is 4.98 Å². The Hall–Kier alpha value is -1.56. The zero-order valence-corrected chi connectivity index (χ0v) is 12.5. The summed E-state index contributed by atoms with van der Waals surface area (Å²) in [6.45, 7) is 0. The number of carbonyl (C=O) groups excluding carboxylic acids is 1. The Bertz CT molecular complexity index is 620. The average molecular weight is 336 g/mol. The molecule has 1 fully saturated rings. The van der Waals surface area contributed by atoms with Crippen LogP contribution in [0.2, 0.25) is 0 Å². The molecule has 1 saturated carbocycles. The molecule has 2 heterocycles. The zero-order chi connectivity index (χ0) is 13.9. The van der Waals surface area contributed by atoms with E-state index in [4.69, 9.17) is 4.52 Å². The van der Waals surface area contributed by atoms with Crippen LogP contribution in [0.4, 0.5) is 0 Å². The second-order valence-electron chi connectivity index (χ2n) is 4.97. The Morgan fingerprint density at radius 2 is 2.20 bits per heavy atom. The second kappa shape index (κ2) is 5.83. The first-order chi connectivity index (χ1) is 9.74. The van der Waals surface area contributed by atoms with Crippen molar-refractivity contribution in [3.05, 3.63) is 28.7 Å². The number of hydrogen-bond donors (Lipinski definition) is 0. The van der Waals surface area contributed by atoms with Crippen molar-refractivity contribution >= 4 is 21.7 Å². The molecule has 0 atom stereocenters. The first-order valence-electron chi connectivity index (χ1n) is 6.70. The molecule has 3 rings (SSSR count). The van der Waals surface area contributed by atoms with Crippen molar-refractivity contribution in [2.45, 2.75) is 32.1 Å². The predicted molar refractivity (Wildman–Crippen MR) is 75.9 cm³/mol. The molecule has 1 aliphatic rings. The van der Waals surface area contributed by atoms with Crippen LogP contribution in [0.25, 0.3) is 11.5 Å². The van der Waals surface area contributed by atoms with E-state index in [1.54, 1.807) is 6.20 Å². The maximum Gasteiger partial charge on any atom is 0.234 e. The number of rotatable bonds is 4. The molecule has 2 aromatic heterocycles. The van der Waals surface area contributed by atoms with E-state index in [-0.39, 0.29) is 18.1 Å². The third-order valence-electron chi connectivity index (χ3n) is 3.57. The van der Waals surface area contributed by atoms with Gasteiger partial charge in [0.1, 0.15) is 11.5 Å². The van der Waals surface area contributed by atoms with Gasteiger partial charge in [-0.25, -0.2) is 0 Å². The van der Waals surface area contributed by atoms with Gasteiger partial charge in [0.2, 0.25) is 11.7 Å². The van der Waals surface area contributed by atoms with E-state index in [9.17, 15) is 4.79 Å². The van der Waals surface area contributed by atoms with E-state index < -0.39 is 0 Å². The molecule has 0 spiro atoms. The van der Waals surface area contributed by atoms with Gasteiger partial charge < -0.3 is 4.52 Å². The Labute approximate surface area is 124 Å². The molecular formula is C14H14BrN3O2. The lowest BCUT2D eigenvalue weighted by Crippen LogP contribution is -2.13. The summed E-state index contributed by atoms with van der Waals surface area (Å²) in [6, 6.07) is 3.68. The maximum absolute atomic E-state index is 12.1. The molecule has 0 saturated heterocycles. The van der Waals surface area contributed by atoms with Crippen molar-refractivity contribution in [3.8, 4) is 11.5 Å². The lowest BCUT2D eigenvalue weighted by Gasteiger charge is -2.04. The van der Waals surface area contributed by atoms with Crippen LogP contribution in [0, 0.1) is 5.92 Å². The highest BCUT2D eigenvalue weighted by atomic mass is 79.9. The van der Waals surface area contributed by atoms with E-state index >= 15 is 0 Å². The molecule has 6 heteroatoms. The Balaban J connectivity index is 1.74. The van der Waals surface area contributed by atoms with Gasteiger partial charge in [-0.3, -0.25) is 9.78 Å². The molecule has 2 aromatic rings. The van der Waals surface area contributed by atoms with E-state index in [2.05, 4.69) is 31.1 Å². The topological polar surface area (TPSA) is 68.9 Å². The normalized spacial score (nSPS) is 15.7. The van der Waals surface area contributed by atoms with Gasteiger partial charge in [-0.05, 0) is 40.9 Å². The van der Waals surface area contributed by atoms with Crippen LogP contribution in [0.3, 0.4) is 0 Å². The highest BCUT2D eigenvalue weighted by Gasteiger charge is 2.24. The standard InChI is InChI=1S/C14H14BrN3O2/c15-10-6-3-7-16-13(10)14-17-12(20-18-14)8-11(19)9-4-1-2-5-9/h3,6-7,9H,1-2,4-5,8H2. The largest absolute Gasteiger partial charge is 0.338 e. The summed E-state index contributed by atoms with van der Waals surface area (Å²) in [5.41, 5.74) is 0.621. The number of ketones is 1. The first-order valence-corrected chi connectivity index (χ1v) is 7.49. The fourth-order valence-electron chi connectivity index (χ4n) is 2.51. The number of nitrogens with zero attached hydrogens (tertiary/aromatic N) is 3. The minimum Gasteiger partial charge on any atom is -0.338 e. The lowest BCUT2D eigenvalue weighted by atomic mass is 10.0. The molecule has 0 unspecified atom stereocenters. The summed E-state index contributed by atoms with van der Waals surface area (Å²) < 4.78 is 5.96. The van der Waals surface area contributed by atoms with E-state index in [1.807, 2.05) is 12.1 Å². The number of aromatic nitrogens is 3. The van der Waals surface area contributed by atoms with Gasteiger partial charge in [-0.15, -0.1) is 0 Å². The summed E-state index contributed by atoms with van der Waals surface area (Å²) in [5.74, 6) is 1.16. The molecule has 0 aliphatic heterocycles. The number of halogens is 1. The summed E-state index contributed by atoms with van der Waals surface area (Å²) in [7, 11) is 0. The van der Waals surface area contributed by atoms with Crippen LogP contribution in [0.5, 0.6) is 0 Å². The quantitative estimate of drug-likeness (QED) is 0.858. The summed E-state index contributed by atoms with van der Waals surface area (Å²) >= 11 is 3.40. The van der Waals surface area contributed by atoms with Gasteiger partial charge in [0.05, 0.1) is 6.42 Å². The first kappa shape index (κ1) is 13.4. The van der Waals surface area contributed by atoms with Crippen LogP contribution in [0.1, 0.15) is 31.6 Å². The molecule has 0 N–H and O–H groups in total. The fraction of sp³-hybridized carbons (Fsp3) is 0.429. The Kier molecular flexibility index (Phi) is 3.91.